The Kier molecular flexibility index (Phi) is 6.87. The monoisotopic (exact) mass is 458 g/mol. The molecule has 0 aliphatic heterocycles. The van der Waals surface area contributed by atoms with Crippen LogP contribution in [0.1, 0.15) is 11.1 Å². The Balaban J connectivity index is 1.94. The Bertz CT molecular complexity index is 1200. The van der Waals surface area contributed by atoms with Crippen molar-refractivity contribution in [3.05, 3.63) is 82.9 Å². The number of rotatable bonds is 7. The van der Waals surface area contributed by atoms with Crippen LogP contribution in [0, 0.1) is 13.8 Å². The first-order valence-electron chi connectivity index (χ1n) is 9.51. The third kappa shape index (κ3) is 5.18. The van der Waals surface area contributed by atoms with E-state index in [0.29, 0.717) is 27.7 Å². The van der Waals surface area contributed by atoms with Gasteiger partial charge in [0.2, 0.25) is 5.91 Å². The van der Waals surface area contributed by atoms with Crippen molar-refractivity contribution in [3.63, 3.8) is 0 Å². The summed E-state index contributed by atoms with van der Waals surface area (Å²) in [6.45, 7) is 3.22. The topological polar surface area (TPSA) is 75.7 Å². The second kappa shape index (κ2) is 9.41. The number of hydrogen-bond acceptors (Lipinski definition) is 4. The van der Waals surface area contributed by atoms with Crippen molar-refractivity contribution in [2.75, 3.05) is 23.3 Å². The molecule has 0 unspecified atom stereocenters. The molecule has 3 aromatic carbocycles. The van der Waals surface area contributed by atoms with Gasteiger partial charge in [0.05, 0.1) is 17.7 Å². The number of hydrogen-bond donors (Lipinski definition) is 1. The zero-order chi connectivity index (χ0) is 22.6. The van der Waals surface area contributed by atoms with Crippen molar-refractivity contribution < 1.29 is 17.9 Å². The quantitative estimate of drug-likeness (QED) is 0.551. The summed E-state index contributed by atoms with van der Waals surface area (Å²) in [6, 6.07) is 18.2. The van der Waals surface area contributed by atoms with Crippen molar-refractivity contribution in [2.45, 2.75) is 18.7 Å². The summed E-state index contributed by atoms with van der Waals surface area (Å²) in [5.41, 5.74) is 2.43. The largest absolute Gasteiger partial charge is 0.496 e. The van der Waals surface area contributed by atoms with Gasteiger partial charge in [-0.1, -0.05) is 35.9 Å². The molecule has 0 aliphatic carbocycles. The minimum Gasteiger partial charge on any atom is -0.496 e. The molecule has 3 rings (SSSR count). The number of carbonyl (C=O) groups excluding carboxylic acids is 1. The number of ether oxygens (including phenoxy) is 1. The Morgan fingerprint density at radius 1 is 1.00 bits per heavy atom. The number of carbonyl (C=O) groups is 1. The van der Waals surface area contributed by atoms with Crippen LogP contribution in [-0.4, -0.2) is 28.0 Å². The van der Waals surface area contributed by atoms with Crippen LogP contribution in [0.25, 0.3) is 0 Å². The summed E-state index contributed by atoms with van der Waals surface area (Å²) < 4.78 is 33.2. The first kappa shape index (κ1) is 22.7. The van der Waals surface area contributed by atoms with Crippen molar-refractivity contribution in [1.29, 1.82) is 0 Å². The van der Waals surface area contributed by atoms with E-state index in [9.17, 15) is 13.2 Å². The van der Waals surface area contributed by atoms with Crippen LogP contribution in [0.3, 0.4) is 0 Å². The number of benzene rings is 3. The minimum atomic E-state index is -4.01. The molecule has 0 saturated carbocycles. The van der Waals surface area contributed by atoms with Crippen LogP contribution >= 0.6 is 11.6 Å². The molecule has 1 amide bonds. The molecular weight excluding hydrogens is 436 g/mol. The van der Waals surface area contributed by atoms with Gasteiger partial charge in [0, 0.05) is 10.7 Å². The van der Waals surface area contributed by atoms with Gasteiger partial charge >= 0.3 is 0 Å². The summed E-state index contributed by atoms with van der Waals surface area (Å²) in [7, 11) is -2.49. The normalized spacial score (nSPS) is 11.1. The Hall–Kier alpha value is -3.03. The first-order valence-corrected chi connectivity index (χ1v) is 11.3. The van der Waals surface area contributed by atoms with Crippen molar-refractivity contribution in [3.8, 4) is 5.75 Å². The van der Waals surface area contributed by atoms with E-state index in [1.165, 1.54) is 19.2 Å². The summed E-state index contributed by atoms with van der Waals surface area (Å²) in [5.74, 6) is 0.0942. The third-order valence-corrected chi connectivity index (χ3v) is 6.92. The lowest BCUT2D eigenvalue weighted by Crippen LogP contribution is -2.38. The zero-order valence-electron chi connectivity index (χ0n) is 17.4. The number of para-hydroxylation sites is 1. The number of aryl methyl sites for hydroxylation is 2. The third-order valence-electron chi connectivity index (χ3n) is 4.74. The molecule has 0 spiro atoms. The highest BCUT2D eigenvalue weighted by Gasteiger charge is 2.27. The van der Waals surface area contributed by atoms with E-state index in [0.717, 1.165) is 9.87 Å². The smallest absolute Gasteiger partial charge is 0.264 e. The molecule has 31 heavy (non-hydrogen) atoms. The van der Waals surface area contributed by atoms with Gasteiger partial charge < -0.3 is 10.1 Å². The van der Waals surface area contributed by atoms with Crippen LogP contribution < -0.4 is 14.4 Å². The molecule has 0 heterocycles. The highest BCUT2D eigenvalue weighted by atomic mass is 35.5. The highest BCUT2D eigenvalue weighted by molar-refractivity contribution is 7.92. The van der Waals surface area contributed by atoms with E-state index >= 15 is 0 Å². The van der Waals surface area contributed by atoms with Crippen LogP contribution in [0.5, 0.6) is 5.75 Å². The SMILES string of the molecule is COc1ccc(S(=O)(=O)N(CC(=O)Nc2ccc(C)c(Cl)c2)c2ccccc2)cc1C. The molecule has 0 saturated heterocycles. The zero-order valence-corrected chi connectivity index (χ0v) is 19.0. The number of sulfonamides is 1. The second-order valence-electron chi connectivity index (χ2n) is 6.99. The van der Waals surface area contributed by atoms with Crippen molar-refractivity contribution in [2.24, 2.45) is 0 Å². The predicted molar refractivity (Wildman–Crippen MR) is 124 cm³/mol. The number of methoxy groups -OCH3 is 1. The molecule has 0 fully saturated rings. The highest BCUT2D eigenvalue weighted by Crippen LogP contribution is 2.27. The van der Waals surface area contributed by atoms with Crippen LogP contribution in [0.2, 0.25) is 5.02 Å². The number of anilines is 2. The Morgan fingerprint density at radius 3 is 2.32 bits per heavy atom. The molecule has 3 aromatic rings. The van der Waals surface area contributed by atoms with Gasteiger partial charge in [0.25, 0.3) is 10.0 Å². The van der Waals surface area contributed by atoms with Gasteiger partial charge in [-0.05, 0) is 67.4 Å². The Labute approximate surface area is 187 Å². The maximum Gasteiger partial charge on any atom is 0.264 e. The lowest BCUT2D eigenvalue weighted by Gasteiger charge is -2.24. The standard InChI is InChI=1S/C23H23ClN2O4S/c1-16-9-10-18(14-21(16)24)25-23(27)15-26(19-7-5-4-6-8-19)31(28,29)20-11-12-22(30-3)17(2)13-20/h4-14H,15H2,1-3H3,(H,25,27). The molecule has 0 atom stereocenters. The molecule has 162 valence electrons. The van der Waals surface area contributed by atoms with E-state index in [2.05, 4.69) is 5.32 Å². The lowest BCUT2D eigenvalue weighted by molar-refractivity contribution is -0.114. The second-order valence-corrected chi connectivity index (χ2v) is 9.26. The molecule has 0 radical (unpaired) electrons. The summed E-state index contributed by atoms with van der Waals surface area (Å²) in [4.78, 5) is 12.8. The fourth-order valence-electron chi connectivity index (χ4n) is 3.05. The number of amides is 1. The van der Waals surface area contributed by atoms with Gasteiger partial charge in [-0.2, -0.15) is 0 Å². The average molecular weight is 459 g/mol. The summed E-state index contributed by atoms with van der Waals surface area (Å²) in [6.07, 6.45) is 0. The van der Waals surface area contributed by atoms with Gasteiger partial charge in [-0.3, -0.25) is 9.10 Å². The maximum absolute atomic E-state index is 13.5. The van der Waals surface area contributed by atoms with Crippen LogP contribution in [-0.2, 0) is 14.8 Å². The summed E-state index contributed by atoms with van der Waals surface area (Å²) in [5, 5.41) is 3.23. The van der Waals surface area contributed by atoms with Gasteiger partial charge in [0.1, 0.15) is 12.3 Å². The number of halogens is 1. The fourth-order valence-corrected chi connectivity index (χ4v) is 4.74. The molecule has 0 aromatic heterocycles. The minimum absolute atomic E-state index is 0.0702. The van der Waals surface area contributed by atoms with Crippen LogP contribution in [0.4, 0.5) is 11.4 Å². The fraction of sp³-hybridized carbons (Fsp3) is 0.174. The van der Waals surface area contributed by atoms with Crippen molar-refractivity contribution >= 4 is 38.9 Å². The van der Waals surface area contributed by atoms with Crippen LogP contribution in [0.15, 0.2) is 71.6 Å². The van der Waals surface area contributed by atoms with E-state index < -0.39 is 22.5 Å². The first-order chi connectivity index (χ1) is 14.7. The number of nitrogens with one attached hydrogen (secondary N) is 1. The van der Waals surface area contributed by atoms with E-state index in [4.69, 9.17) is 16.3 Å². The van der Waals surface area contributed by atoms with Gasteiger partial charge in [-0.25, -0.2) is 8.42 Å². The van der Waals surface area contributed by atoms with Gasteiger partial charge in [-0.15, -0.1) is 0 Å². The Morgan fingerprint density at radius 2 is 1.71 bits per heavy atom. The number of nitrogens with zero attached hydrogens (tertiary/aromatic N) is 1. The molecule has 8 heteroatoms. The maximum atomic E-state index is 13.5. The molecular formula is C23H23ClN2O4S. The lowest BCUT2D eigenvalue weighted by atomic mass is 10.2. The predicted octanol–water partition coefficient (Wildman–Crippen LogP) is 4.80. The summed E-state index contributed by atoms with van der Waals surface area (Å²) >= 11 is 6.12. The average Bonchev–Trinajstić information content (AvgIpc) is 2.75. The molecule has 0 bridgehead atoms. The van der Waals surface area contributed by atoms with Crippen molar-refractivity contribution in [1.82, 2.24) is 0 Å². The van der Waals surface area contributed by atoms with Gasteiger partial charge in [0.15, 0.2) is 0 Å². The van der Waals surface area contributed by atoms with E-state index in [1.54, 1.807) is 61.5 Å². The molecule has 0 aliphatic rings. The van der Waals surface area contributed by atoms with E-state index in [1.807, 2.05) is 6.92 Å². The molecule has 6 nitrogen and oxygen atoms in total. The molecule has 1 N–H and O–H groups in total. The van der Waals surface area contributed by atoms with E-state index in [-0.39, 0.29) is 4.90 Å².